The Morgan fingerprint density at radius 2 is 1.73 bits per heavy atom. The van der Waals surface area contributed by atoms with E-state index in [0.29, 0.717) is 16.6 Å². The van der Waals surface area contributed by atoms with Crippen LogP contribution in [-0.4, -0.2) is 19.6 Å². The number of hydrogen-bond acceptors (Lipinski definition) is 4. The molecule has 6 heteroatoms. The molecule has 2 aromatic carbocycles. The van der Waals surface area contributed by atoms with Gasteiger partial charge < -0.3 is 5.32 Å². The molecule has 130 valence electrons. The highest BCUT2D eigenvalue weighted by Gasteiger charge is 2.12. The third-order valence-electron chi connectivity index (χ3n) is 4.18. The fraction of sp³-hybridized carbons (Fsp3) is 0.150. The fourth-order valence-electron chi connectivity index (χ4n) is 2.77. The van der Waals surface area contributed by atoms with Gasteiger partial charge in [0.1, 0.15) is 5.82 Å². The van der Waals surface area contributed by atoms with Gasteiger partial charge in [-0.3, -0.25) is 0 Å². The molecule has 0 bridgehead atoms. The summed E-state index contributed by atoms with van der Waals surface area (Å²) in [5.74, 6) is 2.00. The lowest BCUT2D eigenvalue weighted by atomic mass is 10.1. The predicted molar refractivity (Wildman–Crippen MR) is 105 cm³/mol. The highest BCUT2D eigenvalue weighted by molar-refractivity contribution is 6.30. The summed E-state index contributed by atoms with van der Waals surface area (Å²) < 4.78 is 1.73. The molecule has 0 radical (unpaired) electrons. The molecule has 0 aliphatic heterocycles. The lowest BCUT2D eigenvalue weighted by Crippen LogP contribution is -2.02. The second-order valence-corrected chi connectivity index (χ2v) is 6.55. The third kappa shape index (κ3) is 3.26. The Labute approximate surface area is 156 Å². The Morgan fingerprint density at radius 1 is 1.00 bits per heavy atom. The van der Waals surface area contributed by atoms with E-state index < -0.39 is 0 Å². The molecule has 0 amide bonds. The number of nitrogens with zero attached hydrogens (tertiary/aromatic N) is 4. The van der Waals surface area contributed by atoms with Crippen LogP contribution in [-0.2, 0) is 6.42 Å². The molecule has 2 aromatic heterocycles. The van der Waals surface area contributed by atoms with E-state index in [1.54, 1.807) is 4.52 Å². The molecule has 5 nitrogen and oxygen atoms in total. The van der Waals surface area contributed by atoms with E-state index in [4.69, 9.17) is 11.6 Å². The smallest absolute Gasteiger partial charge is 0.254 e. The van der Waals surface area contributed by atoms with Crippen molar-refractivity contribution in [1.29, 1.82) is 0 Å². The SMILES string of the molecule is CCc1ccc(Nc2cc(C)nc3nc(-c4ccc(Cl)cc4)nn23)cc1. The van der Waals surface area contributed by atoms with Crippen molar-refractivity contribution in [1.82, 2.24) is 19.6 Å². The minimum absolute atomic E-state index is 0.558. The van der Waals surface area contributed by atoms with Crippen molar-refractivity contribution in [3.05, 3.63) is 70.9 Å². The number of hydrogen-bond donors (Lipinski definition) is 1. The molecule has 0 atom stereocenters. The van der Waals surface area contributed by atoms with E-state index in [0.717, 1.165) is 29.2 Å². The topological polar surface area (TPSA) is 55.1 Å². The number of fused-ring (bicyclic) bond motifs is 1. The van der Waals surface area contributed by atoms with Crippen molar-refractivity contribution in [3.8, 4) is 11.4 Å². The Morgan fingerprint density at radius 3 is 2.42 bits per heavy atom. The summed E-state index contributed by atoms with van der Waals surface area (Å²) >= 11 is 5.97. The maximum atomic E-state index is 5.97. The maximum absolute atomic E-state index is 5.97. The summed E-state index contributed by atoms with van der Waals surface area (Å²) in [5, 5.41) is 8.72. The summed E-state index contributed by atoms with van der Waals surface area (Å²) in [4.78, 5) is 9.05. The van der Waals surface area contributed by atoms with Crippen LogP contribution >= 0.6 is 11.6 Å². The van der Waals surface area contributed by atoms with Gasteiger partial charge in [-0.2, -0.15) is 9.50 Å². The van der Waals surface area contributed by atoms with Crippen molar-refractivity contribution in [2.24, 2.45) is 0 Å². The number of nitrogens with one attached hydrogen (secondary N) is 1. The van der Waals surface area contributed by atoms with E-state index in [2.05, 4.69) is 51.6 Å². The second kappa shape index (κ2) is 6.77. The van der Waals surface area contributed by atoms with Crippen LogP contribution in [0.4, 0.5) is 11.5 Å². The van der Waals surface area contributed by atoms with Crippen LogP contribution < -0.4 is 5.32 Å². The van der Waals surface area contributed by atoms with Crippen LogP contribution in [0.25, 0.3) is 17.2 Å². The summed E-state index contributed by atoms with van der Waals surface area (Å²) in [7, 11) is 0. The van der Waals surface area contributed by atoms with Crippen molar-refractivity contribution >= 4 is 28.9 Å². The molecule has 1 N–H and O–H groups in total. The van der Waals surface area contributed by atoms with Crippen molar-refractivity contribution in [3.63, 3.8) is 0 Å². The zero-order valence-electron chi connectivity index (χ0n) is 14.6. The normalized spacial score (nSPS) is 11.0. The van der Waals surface area contributed by atoms with E-state index in [9.17, 15) is 0 Å². The lowest BCUT2D eigenvalue weighted by Gasteiger charge is -2.09. The Balaban J connectivity index is 1.75. The van der Waals surface area contributed by atoms with Gasteiger partial charge in [-0.15, -0.1) is 5.10 Å². The number of aromatic nitrogens is 4. The summed E-state index contributed by atoms with van der Waals surface area (Å²) in [6.45, 7) is 4.09. The summed E-state index contributed by atoms with van der Waals surface area (Å²) in [5.41, 5.74) is 4.08. The molecule has 0 spiro atoms. The summed E-state index contributed by atoms with van der Waals surface area (Å²) in [6, 6.07) is 17.8. The van der Waals surface area contributed by atoms with E-state index >= 15 is 0 Å². The minimum Gasteiger partial charge on any atom is -0.340 e. The molecular formula is C20H18ClN5. The molecule has 0 fully saturated rings. The monoisotopic (exact) mass is 363 g/mol. The second-order valence-electron chi connectivity index (χ2n) is 6.11. The van der Waals surface area contributed by atoms with Crippen molar-refractivity contribution in [2.75, 3.05) is 5.32 Å². The van der Waals surface area contributed by atoms with E-state index in [-0.39, 0.29) is 0 Å². The Kier molecular flexibility index (Phi) is 4.31. The number of benzene rings is 2. The maximum Gasteiger partial charge on any atom is 0.254 e. The number of anilines is 2. The van der Waals surface area contributed by atoms with Gasteiger partial charge in [0, 0.05) is 28.0 Å². The lowest BCUT2D eigenvalue weighted by molar-refractivity contribution is 0.940. The van der Waals surface area contributed by atoms with Gasteiger partial charge in [0.2, 0.25) is 0 Å². The van der Waals surface area contributed by atoms with Gasteiger partial charge in [-0.05, 0) is 55.3 Å². The highest BCUT2D eigenvalue weighted by atomic mass is 35.5. The first-order valence-corrected chi connectivity index (χ1v) is 8.86. The van der Waals surface area contributed by atoms with Crippen molar-refractivity contribution in [2.45, 2.75) is 20.3 Å². The highest BCUT2D eigenvalue weighted by Crippen LogP contribution is 2.22. The molecule has 26 heavy (non-hydrogen) atoms. The van der Waals surface area contributed by atoms with Gasteiger partial charge in [0.15, 0.2) is 5.82 Å². The number of halogens is 1. The molecule has 4 rings (SSSR count). The van der Waals surface area contributed by atoms with Gasteiger partial charge >= 0.3 is 0 Å². The minimum atomic E-state index is 0.558. The molecule has 4 aromatic rings. The first-order valence-electron chi connectivity index (χ1n) is 8.48. The molecular weight excluding hydrogens is 346 g/mol. The van der Waals surface area contributed by atoms with Gasteiger partial charge in [0.25, 0.3) is 5.78 Å². The molecule has 0 aliphatic rings. The van der Waals surface area contributed by atoms with Gasteiger partial charge in [-0.1, -0.05) is 30.7 Å². The zero-order chi connectivity index (χ0) is 18.1. The molecule has 0 saturated carbocycles. The number of rotatable bonds is 4. The first-order chi connectivity index (χ1) is 12.6. The van der Waals surface area contributed by atoms with E-state index in [1.807, 2.05) is 37.3 Å². The zero-order valence-corrected chi connectivity index (χ0v) is 15.3. The fourth-order valence-corrected chi connectivity index (χ4v) is 2.89. The van der Waals surface area contributed by atoms with Crippen LogP contribution in [0.15, 0.2) is 54.6 Å². The first kappa shape index (κ1) is 16.5. The van der Waals surface area contributed by atoms with Crippen LogP contribution in [0.5, 0.6) is 0 Å². The predicted octanol–water partition coefficient (Wildman–Crippen LogP) is 5.06. The Bertz CT molecular complexity index is 1050. The van der Waals surface area contributed by atoms with Crippen LogP contribution in [0, 0.1) is 6.92 Å². The quantitative estimate of drug-likeness (QED) is 0.550. The van der Waals surface area contributed by atoms with E-state index in [1.165, 1.54) is 5.56 Å². The average Bonchev–Trinajstić information content (AvgIpc) is 3.07. The van der Waals surface area contributed by atoms with Gasteiger partial charge in [-0.25, -0.2) is 4.98 Å². The standard InChI is InChI=1S/C20H18ClN5/c1-3-14-4-10-17(11-5-14)23-18-12-13(2)22-20-24-19(25-26(18)20)15-6-8-16(21)9-7-15/h4-12,23H,3H2,1-2H3. The van der Waals surface area contributed by atoms with Crippen LogP contribution in [0.3, 0.4) is 0 Å². The molecule has 0 aliphatic carbocycles. The summed E-state index contributed by atoms with van der Waals surface area (Å²) in [6.07, 6.45) is 1.02. The number of aryl methyl sites for hydroxylation is 2. The Hall–Kier alpha value is -2.92. The van der Waals surface area contributed by atoms with Crippen molar-refractivity contribution < 1.29 is 0 Å². The molecule has 0 saturated heterocycles. The molecule has 0 unspecified atom stereocenters. The van der Waals surface area contributed by atoms with Gasteiger partial charge in [0.05, 0.1) is 0 Å². The largest absolute Gasteiger partial charge is 0.340 e. The molecule has 2 heterocycles. The third-order valence-corrected chi connectivity index (χ3v) is 4.43. The van der Waals surface area contributed by atoms with Crippen LogP contribution in [0.2, 0.25) is 5.02 Å². The average molecular weight is 364 g/mol. The van der Waals surface area contributed by atoms with Crippen LogP contribution in [0.1, 0.15) is 18.2 Å².